The molecular weight excluding hydrogens is 245 g/mol. The molecule has 1 N–H and O–H groups in total. The number of halogens is 2. The molecule has 0 atom stereocenters. The topological polar surface area (TPSA) is 12.0 Å². The summed E-state index contributed by atoms with van der Waals surface area (Å²) in [6.07, 6.45) is 2.08. The Hall–Kier alpha value is -0.570. The second-order valence-electron chi connectivity index (χ2n) is 3.28. The standard InChI is InChI=1S/C11H15BrFN/c1-3-9(4-2)14-11-7-8(13)5-6-10(11)12/h5-7,9,14H,3-4H2,1-2H3. The van der Waals surface area contributed by atoms with Crippen molar-refractivity contribution >= 4 is 21.6 Å². The molecule has 0 aliphatic rings. The van der Waals surface area contributed by atoms with Crippen molar-refractivity contribution in [1.29, 1.82) is 0 Å². The third kappa shape index (κ3) is 2.98. The molecule has 1 aromatic rings. The molecule has 1 rings (SSSR count). The first-order chi connectivity index (χ1) is 6.67. The predicted molar refractivity (Wildman–Crippen MR) is 62.1 cm³/mol. The van der Waals surface area contributed by atoms with Crippen LogP contribution in [0, 0.1) is 5.82 Å². The molecule has 0 aromatic heterocycles. The minimum absolute atomic E-state index is 0.207. The van der Waals surface area contributed by atoms with Crippen molar-refractivity contribution in [3.05, 3.63) is 28.5 Å². The molecule has 0 heterocycles. The van der Waals surface area contributed by atoms with Gasteiger partial charge in [0.25, 0.3) is 0 Å². The zero-order valence-electron chi connectivity index (χ0n) is 8.48. The first kappa shape index (κ1) is 11.5. The Balaban J connectivity index is 2.79. The van der Waals surface area contributed by atoms with E-state index >= 15 is 0 Å². The SMILES string of the molecule is CCC(CC)Nc1cc(F)ccc1Br. The van der Waals surface area contributed by atoms with E-state index in [9.17, 15) is 4.39 Å². The summed E-state index contributed by atoms with van der Waals surface area (Å²) in [5.41, 5.74) is 0.832. The zero-order chi connectivity index (χ0) is 10.6. The molecule has 0 bridgehead atoms. The lowest BCUT2D eigenvalue weighted by Gasteiger charge is -2.17. The number of hydrogen-bond donors (Lipinski definition) is 1. The Morgan fingerprint density at radius 1 is 1.36 bits per heavy atom. The largest absolute Gasteiger partial charge is 0.381 e. The second kappa shape index (κ2) is 5.35. The Morgan fingerprint density at radius 3 is 2.57 bits per heavy atom. The van der Waals surface area contributed by atoms with Gasteiger partial charge >= 0.3 is 0 Å². The highest BCUT2D eigenvalue weighted by atomic mass is 79.9. The highest BCUT2D eigenvalue weighted by Crippen LogP contribution is 2.24. The summed E-state index contributed by atoms with van der Waals surface area (Å²) in [6, 6.07) is 5.10. The highest BCUT2D eigenvalue weighted by Gasteiger charge is 2.06. The summed E-state index contributed by atoms with van der Waals surface area (Å²) in [4.78, 5) is 0. The highest BCUT2D eigenvalue weighted by molar-refractivity contribution is 9.10. The van der Waals surface area contributed by atoms with Gasteiger partial charge in [-0.2, -0.15) is 0 Å². The molecular formula is C11H15BrFN. The number of anilines is 1. The van der Waals surface area contributed by atoms with Gasteiger partial charge in [0, 0.05) is 10.5 Å². The van der Waals surface area contributed by atoms with E-state index in [0.29, 0.717) is 6.04 Å². The van der Waals surface area contributed by atoms with E-state index in [4.69, 9.17) is 0 Å². The van der Waals surface area contributed by atoms with Crippen molar-refractivity contribution in [3.63, 3.8) is 0 Å². The molecule has 14 heavy (non-hydrogen) atoms. The zero-order valence-corrected chi connectivity index (χ0v) is 10.1. The van der Waals surface area contributed by atoms with Gasteiger partial charge in [0.1, 0.15) is 5.82 Å². The maximum atomic E-state index is 12.9. The number of nitrogens with one attached hydrogen (secondary N) is 1. The summed E-state index contributed by atoms with van der Waals surface area (Å²) >= 11 is 3.39. The second-order valence-corrected chi connectivity index (χ2v) is 4.14. The van der Waals surface area contributed by atoms with Crippen LogP contribution in [0.3, 0.4) is 0 Å². The van der Waals surface area contributed by atoms with E-state index in [1.54, 1.807) is 6.07 Å². The third-order valence-electron chi connectivity index (χ3n) is 2.27. The van der Waals surface area contributed by atoms with E-state index < -0.39 is 0 Å². The van der Waals surface area contributed by atoms with Crippen LogP contribution >= 0.6 is 15.9 Å². The third-order valence-corrected chi connectivity index (χ3v) is 2.97. The molecule has 0 fully saturated rings. The lowest BCUT2D eigenvalue weighted by Crippen LogP contribution is -2.17. The minimum atomic E-state index is -0.207. The fourth-order valence-electron chi connectivity index (χ4n) is 1.32. The van der Waals surface area contributed by atoms with Crippen LogP contribution in [0.1, 0.15) is 26.7 Å². The Kier molecular flexibility index (Phi) is 4.39. The molecule has 0 saturated carbocycles. The molecule has 0 radical (unpaired) electrons. The number of hydrogen-bond acceptors (Lipinski definition) is 1. The normalized spacial score (nSPS) is 10.6. The Morgan fingerprint density at radius 2 is 2.00 bits per heavy atom. The maximum absolute atomic E-state index is 12.9. The smallest absolute Gasteiger partial charge is 0.125 e. The fraction of sp³-hybridized carbons (Fsp3) is 0.455. The average molecular weight is 260 g/mol. The van der Waals surface area contributed by atoms with E-state index in [2.05, 4.69) is 35.1 Å². The molecule has 0 aliphatic carbocycles. The summed E-state index contributed by atoms with van der Waals surface area (Å²) < 4.78 is 13.9. The predicted octanol–water partition coefficient (Wildman–Crippen LogP) is 4.19. The van der Waals surface area contributed by atoms with Gasteiger partial charge in [0.05, 0.1) is 5.69 Å². The van der Waals surface area contributed by atoms with Gasteiger partial charge in [0.15, 0.2) is 0 Å². The van der Waals surface area contributed by atoms with Gasteiger partial charge in [-0.1, -0.05) is 13.8 Å². The van der Waals surface area contributed by atoms with Crippen LogP contribution in [-0.2, 0) is 0 Å². The van der Waals surface area contributed by atoms with Gasteiger partial charge < -0.3 is 5.32 Å². The Bertz CT molecular complexity index is 297. The average Bonchev–Trinajstić information content (AvgIpc) is 2.19. The van der Waals surface area contributed by atoms with Crippen molar-refractivity contribution in [1.82, 2.24) is 0 Å². The molecule has 1 nitrogen and oxygen atoms in total. The van der Waals surface area contributed by atoms with E-state index in [0.717, 1.165) is 23.0 Å². The monoisotopic (exact) mass is 259 g/mol. The molecule has 0 spiro atoms. The van der Waals surface area contributed by atoms with Crippen LogP contribution in [0.15, 0.2) is 22.7 Å². The van der Waals surface area contributed by atoms with Crippen LogP contribution in [-0.4, -0.2) is 6.04 Å². The summed E-state index contributed by atoms with van der Waals surface area (Å²) in [6.45, 7) is 4.24. The van der Waals surface area contributed by atoms with Crippen molar-refractivity contribution in [3.8, 4) is 0 Å². The van der Waals surface area contributed by atoms with Crippen molar-refractivity contribution in [2.45, 2.75) is 32.7 Å². The van der Waals surface area contributed by atoms with Gasteiger partial charge in [-0.05, 0) is 47.0 Å². The van der Waals surface area contributed by atoms with Crippen LogP contribution in [0.2, 0.25) is 0 Å². The van der Waals surface area contributed by atoms with Crippen LogP contribution in [0.4, 0.5) is 10.1 Å². The van der Waals surface area contributed by atoms with Crippen molar-refractivity contribution in [2.24, 2.45) is 0 Å². The van der Waals surface area contributed by atoms with Crippen molar-refractivity contribution in [2.75, 3.05) is 5.32 Å². The molecule has 78 valence electrons. The molecule has 3 heteroatoms. The Labute approximate surface area is 92.8 Å². The lowest BCUT2D eigenvalue weighted by molar-refractivity contribution is 0.625. The van der Waals surface area contributed by atoms with Gasteiger partial charge in [0.2, 0.25) is 0 Å². The van der Waals surface area contributed by atoms with Crippen LogP contribution < -0.4 is 5.32 Å². The van der Waals surface area contributed by atoms with Crippen LogP contribution in [0.25, 0.3) is 0 Å². The van der Waals surface area contributed by atoms with Crippen molar-refractivity contribution < 1.29 is 4.39 Å². The summed E-state index contributed by atoms with van der Waals surface area (Å²) in [7, 11) is 0. The number of rotatable bonds is 4. The van der Waals surface area contributed by atoms with Gasteiger partial charge in [-0.15, -0.1) is 0 Å². The maximum Gasteiger partial charge on any atom is 0.125 e. The van der Waals surface area contributed by atoms with E-state index in [1.807, 2.05) is 0 Å². The van der Waals surface area contributed by atoms with Gasteiger partial charge in [-0.25, -0.2) is 4.39 Å². The summed E-state index contributed by atoms with van der Waals surface area (Å²) in [5, 5.41) is 3.30. The first-order valence-corrected chi connectivity index (χ1v) is 5.68. The number of benzene rings is 1. The molecule has 0 amide bonds. The van der Waals surface area contributed by atoms with E-state index in [1.165, 1.54) is 12.1 Å². The molecule has 0 unspecified atom stereocenters. The van der Waals surface area contributed by atoms with E-state index in [-0.39, 0.29) is 5.82 Å². The minimum Gasteiger partial charge on any atom is -0.381 e. The molecule has 0 saturated heterocycles. The lowest BCUT2D eigenvalue weighted by atomic mass is 10.1. The summed E-state index contributed by atoms with van der Waals surface area (Å²) in [5.74, 6) is -0.207. The quantitative estimate of drug-likeness (QED) is 0.855. The molecule has 1 aromatic carbocycles. The van der Waals surface area contributed by atoms with Crippen LogP contribution in [0.5, 0.6) is 0 Å². The molecule has 0 aliphatic heterocycles. The fourth-order valence-corrected chi connectivity index (χ4v) is 1.68. The first-order valence-electron chi connectivity index (χ1n) is 4.89. The van der Waals surface area contributed by atoms with Gasteiger partial charge in [-0.3, -0.25) is 0 Å².